The summed E-state index contributed by atoms with van der Waals surface area (Å²) in [7, 11) is 0. The molecule has 2 heterocycles. The van der Waals surface area contributed by atoms with Crippen LogP contribution in [0.15, 0.2) is 176 Å². The Morgan fingerprint density at radius 1 is 0.304 bits per heavy atom. The zero-order chi connectivity index (χ0) is 37.8. The number of nitriles is 3. The highest BCUT2D eigenvalue weighted by Crippen LogP contribution is 2.41. The summed E-state index contributed by atoms with van der Waals surface area (Å²) in [5, 5.41) is 34.1. The molecule has 0 aliphatic carbocycles. The number of para-hydroxylation sites is 3. The van der Waals surface area contributed by atoms with Gasteiger partial charge in [-0.15, -0.1) is 0 Å². The third-order valence-corrected chi connectivity index (χ3v) is 10.8. The molecule has 0 saturated heterocycles. The minimum atomic E-state index is 0.387. The summed E-state index contributed by atoms with van der Waals surface area (Å²) in [6.07, 6.45) is 0. The van der Waals surface area contributed by atoms with E-state index in [0.717, 1.165) is 61.0 Å². The lowest BCUT2D eigenvalue weighted by Crippen LogP contribution is -1.99. The molecule has 0 aliphatic heterocycles. The van der Waals surface area contributed by atoms with E-state index in [1.165, 1.54) is 21.8 Å². The van der Waals surface area contributed by atoms with Crippen LogP contribution in [-0.4, -0.2) is 9.13 Å². The van der Waals surface area contributed by atoms with E-state index in [1.54, 1.807) is 18.2 Å². The topological polar surface area (TPSA) is 81.2 Å². The third kappa shape index (κ3) is 5.14. The SMILES string of the molecule is N#Cc1cc(C#N)cc(-c2cc(C#N)ccc2-n2c3ccccc3c3cc(-c4ccc(-n5c6ccccc6c6ccccc65)c(-c5ccccc5)c4)ccc32)c1. The van der Waals surface area contributed by atoms with E-state index in [0.29, 0.717) is 22.3 Å². The molecule has 0 amide bonds. The molecule has 0 bridgehead atoms. The van der Waals surface area contributed by atoms with E-state index >= 15 is 0 Å². The average molecular weight is 712 g/mol. The Balaban J connectivity index is 1.19. The van der Waals surface area contributed by atoms with Crippen LogP contribution in [0.25, 0.3) is 88.4 Å². The summed E-state index contributed by atoms with van der Waals surface area (Å²) in [5.74, 6) is 0. The van der Waals surface area contributed by atoms with Crippen LogP contribution in [0.1, 0.15) is 16.7 Å². The van der Waals surface area contributed by atoms with Crippen LogP contribution >= 0.6 is 0 Å². The maximum absolute atomic E-state index is 9.91. The lowest BCUT2D eigenvalue weighted by Gasteiger charge is -2.17. The largest absolute Gasteiger partial charge is 0.309 e. The molecule has 56 heavy (non-hydrogen) atoms. The second kappa shape index (κ2) is 13.0. The van der Waals surface area contributed by atoms with Crippen molar-refractivity contribution in [2.45, 2.75) is 0 Å². The summed E-state index contributed by atoms with van der Waals surface area (Å²) in [6.45, 7) is 0. The van der Waals surface area contributed by atoms with Crippen molar-refractivity contribution < 1.29 is 0 Å². The Morgan fingerprint density at radius 2 is 0.768 bits per heavy atom. The van der Waals surface area contributed by atoms with E-state index in [1.807, 2.05) is 24.3 Å². The van der Waals surface area contributed by atoms with Gasteiger partial charge in [0, 0.05) is 32.7 Å². The number of nitrogens with zero attached hydrogens (tertiary/aromatic N) is 5. The van der Waals surface area contributed by atoms with Crippen LogP contribution in [-0.2, 0) is 0 Å². The second-order valence-electron chi connectivity index (χ2n) is 13.9. The fourth-order valence-corrected chi connectivity index (χ4v) is 8.30. The first-order chi connectivity index (χ1) is 27.6. The molecule has 5 heteroatoms. The maximum Gasteiger partial charge on any atom is 0.0992 e. The molecule has 0 saturated carbocycles. The van der Waals surface area contributed by atoms with Gasteiger partial charge in [0.15, 0.2) is 0 Å². The molecule has 0 radical (unpaired) electrons. The van der Waals surface area contributed by atoms with Crippen molar-refractivity contribution in [3.8, 4) is 63.0 Å². The summed E-state index contributed by atoms with van der Waals surface area (Å²) >= 11 is 0. The van der Waals surface area contributed by atoms with E-state index in [9.17, 15) is 15.8 Å². The average Bonchev–Trinajstić information content (AvgIpc) is 3.78. The number of hydrogen-bond acceptors (Lipinski definition) is 3. The van der Waals surface area contributed by atoms with Gasteiger partial charge in [-0.2, -0.15) is 15.8 Å². The molecule has 0 spiro atoms. The summed E-state index contributed by atoms with van der Waals surface area (Å²) < 4.78 is 4.60. The highest BCUT2D eigenvalue weighted by molar-refractivity contribution is 6.12. The number of aromatic nitrogens is 2. The van der Waals surface area contributed by atoms with Gasteiger partial charge in [-0.25, -0.2) is 0 Å². The normalized spacial score (nSPS) is 11.2. The van der Waals surface area contributed by atoms with Gasteiger partial charge in [0.1, 0.15) is 0 Å². The van der Waals surface area contributed by atoms with Crippen molar-refractivity contribution in [1.29, 1.82) is 15.8 Å². The molecule has 0 aliphatic rings. The maximum atomic E-state index is 9.91. The number of hydrogen-bond donors (Lipinski definition) is 0. The first-order valence-corrected chi connectivity index (χ1v) is 18.4. The second-order valence-corrected chi connectivity index (χ2v) is 13.9. The highest BCUT2D eigenvalue weighted by Gasteiger charge is 2.20. The van der Waals surface area contributed by atoms with Crippen molar-refractivity contribution in [2.24, 2.45) is 0 Å². The van der Waals surface area contributed by atoms with Gasteiger partial charge >= 0.3 is 0 Å². The van der Waals surface area contributed by atoms with Gasteiger partial charge in [0.25, 0.3) is 0 Å². The Morgan fingerprint density at radius 3 is 1.36 bits per heavy atom. The van der Waals surface area contributed by atoms with Gasteiger partial charge in [0.05, 0.1) is 68.3 Å². The predicted octanol–water partition coefficient (Wildman–Crippen LogP) is 12.5. The van der Waals surface area contributed by atoms with E-state index in [4.69, 9.17) is 0 Å². The molecule has 0 fully saturated rings. The van der Waals surface area contributed by atoms with E-state index in [2.05, 4.69) is 161 Å². The fraction of sp³-hybridized carbons (Fsp3) is 0. The molecule has 2 aromatic heterocycles. The zero-order valence-corrected chi connectivity index (χ0v) is 30.0. The standard InChI is InChI=1S/C51H29N5/c52-30-33-18-21-49(43(27-33)39-25-34(31-53)24-35(26-39)32-54)56-48-17-9-6-14-42(48)45-29-38(20-23-51(45)56)37-19-22-50(44(28-37)36-10-2-1-3-11-36)55-46-15-7-4-12-40(46)41-13-5-8-16-47(41)55/h1-29H. The lowest BCUT2D eigenvalue weighted by atomic mass is 9.96. The van der Waals surface area contributed by atoms with E-state index in [-0.39, 0.29) is 0 Å². The van der Waals surface area contributed by atoms with Crippen LogP contribution in [0.5, 0.6) is 0 Å². The number of benzene rings is 8. The molecule has 0 atom stereocenters. The van der Waals surface area contributed by atoms with Gasteiger partial charge in [-0.1, -0.05) is 97.1 Å². The smallest absolute Gasteiger partial charge is 0.0992 e. The quantitative estimate of drug-likeness (QED) is 0.178. The molecule has 0 N–H and O–H groups in total. The predicted molar refractivity (Wildman–Crippen MR) is 226 cm³/mol. The van der Waals surface area contributed by atoms with Crippen LogP contribution < -0.4 is 0 Å². The molecule has 8 aromatic carbocycles. The van der Waals surface area contributed by atoms with Gasteiger partial charge in [-0.05, 0) is 101 Å². The number of fused-ring (bicyclic) bond motifs is 6. The molecule has 5 nitrogen and oxygen atoms in total. The molecule has 10 aromatic rings. The van der Waals surface area contributed by atoms with Gasteiger partial charge in [0.2, 0.25) is 0 Å². The van der Waals surface area contributed by atoms with E-state index < -0.39 is 0 Å². The molecular formula is C51H29N5. The third-order valence-electron chi connectivity index (χ3n) is 10.8. The monoisotopic (exact) mass is 711 g/mol. The minimum Gasteiger partial charge on any atom is -0.309 e. The van der Waals surface area contributed by atoms with Crippen LogP contribution in [0.2, 0.25) is 0 Å². The van der Waals surface area contributed by atoms with Crippen LogP contribution in [0.4, 0.5) is 0 Å². The Bertz CT molecular complexity index is 3260. The summed E-state index contributed by atoms with van der Waals surface area (Å²) in [4.78, 5) is 0. The van der Waals surface area contributed by atoms with Crippen molar-refractivity contribution in [1.82, 2.24) is 9.13 Å². The Labute approximate surface area is 323 Å². The summed E-state index contributed by atoms with van der Waals surface area (Å²) in [6, 6.07) is 66.9. The van der Waals surface area contributed by atoms with Crippen LogP contribution in [0.3, 0.4) is 0 Å². The van der Waals surface area contributed by atoms with Crippen LogP contribution in [0, 0.1) is 34.0 Å². The van der Waals surface area contributed by atoms with Crippen molar-refractivity contribution in [2.75, 3.05) is 0 Å². The lowest BCUT2D eigenvalue weighted by molar-refractivity contribution is 1.18. The minimum absolute atomic E-state index is 0.387. The van der Waals surface area contributed by atoms with Crippen molar-refractivity contribution in [3.05, 3.63) is 193 Å². The highest BCUT2D eigenvalue weighted by atomic mass is 15.0. The molecular weight excluding hydrogens is 683 g/mol. The molecule has 10 rings (SSSR count). The first-order valence-electron chi connectivity index (χ1n) is 18.4. The zero-order valence-electron chi connectivity index (χ0n) is 30.0. The number of rotatable bonds is 5. The van der Waals surface area contributed by atoms with Crippen molar-refractivity contribution >= 4 is 43.6 Å². The summed E-state index contributed by atoms with van der Waals surface area (Å²) in [5.41, 5.74) is 13.5. The van der Waals surface area contributed by atoms with Crippen molar-refractivity contribution in [3.63, 3.8) is 0 Å². The van der Waals surface area contributed by atoms with Gasteiger partial charge in [-0.3, -0.25) is 0 Å². The Hall–Kier alpha value is -8.17. The first kappa shape index (κ1) is 32.5. The Kier molecular flexibility index (Phi) is 7.57. The molecule has 258 valence electrons. The molecule has 0 unspecified atom stereocenters. The van der Waals surface area contributed by atoms with Gasteiger partial charge < -0.3 is 9.13 Å². The fourth-order valence-electron chi connectivity index (χ4n) is 8.30.